The highest BCUT2D eigenvalue weighted by Gasteiger charge is 2.35. The van der Waals surface area contributed by atoms with Crippen LogP contribution in [0.15, 0.2) is 42.3 Å². The summed E-state index contributed by atoms with van der Waals surface area (Å²) in [6, 6.07) is 8.38. The van der Waals surface area contributed by atoms with E-state index >= 15 is 0 Å². The molecule has 0 radical (unpaired) electrons. The number of carbonyl (C=O) groups excluding carboxylic acids is 3. The summed E-state index contributed by atoms with van der Waals surface area (Å²) >= 11 is 0. The van der Waals surface area contributed by atoms with Crippen molar-refractivity contribution in [3.05, 3.63) is 47.9 Å². The third kappa shape index (κ3) is 5.61. The van der Waals surface area contributed by atoms with Crippen LogP contribution in [0.4, 0.5) is 4.79 Å². The van der Waals surface area contributed by atoms with Crippen LogP contribution in [0.2, 0.25) is 0 Å². The fourth-order valence-corrected chi connectivity index (χ4v) is 2.51. The molecule has 0 saturated heterocycles. The van der Waals surface area contributed by atoms with E-state index in [4.69, 9.17) is 14.2 Å². The minimum Gasteiger partial charge on any atom is -0.461 e. The summed E-state index contributed by atoms with van der Waals surface area (Å²) in [4.78, 5) is 37.1. The maximum Gasteiger partial charge on any atom is 0.415 e. The quantitative estimate of drug-likeness (QED) is 0.592. The summed E-state index contributed by atoms with van der Waals surface area (Å²) in [5.41, 5.74) is 0.823. The Morgan fingerprint density at radius 2 is 1.88 bits per heavy atom. The molecule has 1 aromatic carbocycles. The second-order valence-corrected chi connectivity index (χ2v) is 6.18. The summed E-state index contributed by atoms with van der Waals surface area (Å²) in [6.07, 6.45) is 0.961. The Hall–Kier alpha value is -2.83. The third-order valence-corrected chi connectivity index (χ3v) is 3.60. The molecule has 2 rings (SSSR count). The number of benzene rings is 1. The Labute approximate surface area is 152 Å². The van der Waals surface area contributed by atoms with Gasteiger partial charge in [-0.2, -0.15) is 0 Å². The van der Waals surface area contributed by atoms with Gasteiger partial charge in [-0.1, -0.05) is 30.3 Å². The number of allylic oxidation sites excluding steroid dienone is 1. The van der Waals surface area contributed by atoms with Crippen molar-refractivity contribution in [2.75, 3.05) is 0 Å². The molecule has 0 fully saturated rings. The minimum atomic E-state index is -0.819. The maximum atomic E-state index is 12.5. The van der Waals surface area contributed by atoms with Gasteiger partial charge in [-0.25, -0.2) is 9.59 Å². The van der Waals surface area contributed by atoms with Crippen LogP contribution in [-0.4, -0.2) is 35.1 Å². The van der Waals surface area contributed by atoms with Crippen LogP contribution in [0.25, 0.3) is 0 Å². The van der Waals surface area contributed by atoms with Crippen LogP contribution in [0.3, 0.4) is 0 Å². The summed E-state index contributed by atoms with van der Waals surface area (Å²) in [6.45, 7) is 4.81. The summed E-state index contributed by atoms with van der Waals surface area (Å²) < 4.78 is 15.6. The van der Waals surface area contributed by atoms with E-state index in [9.17, 15) is 14.4 Å². The number of esters is 2. The first-order chi connectivity index (χ1) is 12.4. The fraction of sp³-hybridized carbons (Fsp3) is 0.421. The van der Waals surface area contributed by atoms with Gasteiger partial charge < -0.3 is 14.2 Å². The molecule has 1 atom stereocenters. The van der Waals surface area contributed by atoms with Crippen LogP contribution < -0.4 is 0 Å². The lowest BCUT2D eigenvalue weighted by molar-refractivity contribution is -0.153. The number of rotatable bonds is 5. The van der Waals surface area contributed by atoms with Crippen LogP contribution in [0.1, 0.15) is 39.2 Å². The van der Waals surface area contributed by atoms with E-state index in [1.807, 2.05) is 30.3 Å². The molecule has 7 heteroatoms. The van der Waals surface area contributed by atoms with Crippen LogP contribution in [0, 0.1) is 0 Å². The summed E-state index contributed by atoms with van der Waals surface area (Å²) in [7, 11) is 0. The first-order valence-corrected chi connectivity index (χ1v) is 8.45. The smallest absolute Gasteiger partial charge is 0.415 e. The molecule has 0 aliphatic carbocycles. The van der Waals surface area contributed by atoms with Crippen molar-refractivity contribution in [3.63, 3.8) is 0 Å². The minimum absolute atomic E-state index is 0.0683. The molecule has 0 N–H and O–H groups in total. The Morgan fingerprint density at radius 1 is 1.19 bits per heavy atom. The molecule has 0 unspecified atom stereocenters. The topological polar surface area (TPSA) is 82.1 Å². The molecular weight excluding hydrogens is 338 g/mol. The van der Waals surface area contributed by atoms with Gasteiger partial charge in [-0.3, -0.25) is 9.69 Å². The van der Waals surface area contributed by atoms with Gasteiger partial charge in [-0.15, -0.1) is 0 Å². The third-order valence-electron chi connectivity index (χ3n) is 3.60. The second kappa shape index (κ2) is 9.03. The molecule has 1 amide bonds. The first kappa shape index (κ1) is 19.5. The summed E-state index contributed by atoms with van der Waals surface area (Å²) in [5, 5.41) is 0. The molecule has 7 nitrogen and oxygen atoms in total. The zero-order valence-corrected chi connectivity index (χ0v) is 15.1. The van der Waals surface area contributed by atoms with Crippen molar-refractivity contribution in [2.24, 2.45) is 0 Å². The van der Waals surface area contributed by atoms with Crippen molar-refractivity contribution in [1.29, 1.82) is 0 Å². The highest BCUT2D eigenvalue weighted by molar-refractivity contribution is 5.82. The van der Waals surface area contributed by atoms with Gasteiger partial charge in [-0.05, 0) is 25.8 Å². The average Bonchev–Trinajstić information content (AvgIpc) is 2.59. The van der Waals surface area contributed by atoms with E-state index < -0.39 is 24.1 Å². The van der Waals surface area contributed by atoms with Gasteiger partial charge >= 0.3 is 18.0 Å². The van der Waals surface area contributed by atoms with Gasteiger partial charge in [0.05, 0.1) is 6.10 Å². The van der Waals surface area contributed by atoms with Crippen LogP contribution in [0.5, 0.6) is 0 Å². The molecule has 0 bridgehead atoms. The van der Waals surface area contributed by atoms with E-state index in [0.29, 0.717) is 12.2 Å². The maximum absolute atomic E-state index is 12.5. The lowest BCUT2D eigenvalue weighted by atomic mass is 10.1. The number of hydrogen-bond donors (Lipinski definition) is 0. The molecule has 1 aliphatic rings. The van der Waals surface area contributed by atoms with Crippen molar-refractivity contribution >= 4 is 18.0 Å². The Bertz CT molecular complexity index is 683. The van der Waals surface area contributed by atoms with E-state index in [0.717, 1.165) is 10.5 Å². The summed E-state index contributed by atoms with van der Waals surface area (Å²) in [5.74, 6) is -0.699. The molecule has 1 aromatic rings. The van der Waals surface area contributed by atoms with Gasteiger partial charge in [0.25, 0.3) is 0 Å². The van der Waals surface area contributed by atoms with Crippen molar-refractivity contribution in [3.8, 4) is 0 Å². The number of hydrogen-bond acceptors (Lipinski definition) is 6. The van der Waals surface area contributed by atoms with E-state index in [1.165, 1.54) is 13.1 Å². The zero-order chi connectivity index (χ0) is 19.1. The molecule has 0 spiro atoms. The van der Waals surface area contributed by atoms with E-state index in [2.05, 4.69) is 0 Å². The van der Waals surface area contributed by atoms with Crippen LogP contribution in [-0.2, 0) is 30.4 Å². The number of amides is 1. The van der Waals surface area contributed by atoms with Crippen LogP contribution >= 0.6 is 0 Å². The molecule has 140 valence electrons. The van der Waals surface area contributed by atoms with Gasteiger partial charge in [0.2, 0.25) is 0 Å². The first-order valence-electron chi connectivity index (χ1n) is 8.45. The predicted molar refractivity (Wildman–Crippen MR) is 92.6 cm³/mol. The van der Waals surface area contributed by atoms with Crippen molar-refractivity contribution < 1.29 is 28.6 Å². The second-order valence-electron chi connectivity index (χ2n) is 6.18. The standard InChI is InChI=1S/C19H23NO6/c1-13(2)25-18(22)17-10-9-16(26-14(3)21)11-20(17)19(23)24-12-15-7-5-4-6-8-15/h4-8,11,13,17H,9-10,12H2,1-3H3/t17-/m0/s1. The molecule has 0 saturated carbocycles. The van der Waals surface area contributed by atoms with E-state index in [1.54, 1.807) is 13.8 Å². The highest BCUT2D eigenvalue weighted by atomic mass is 16.6. The molecule has 0 aromatic heterocycles. The highest BCUT2D eigenvalue weighted by Crippen LogP contribution is 2.24. The molecule has 1 heterocycles. The predicted octanol–water partition coefficient (Wildman–Crippen LogP) is 3.14. The normalized spacial score (nSPS) is 16.7. The number of nitrogens with zero attached hydrogens (tertiary/aromatic N) is 1. The number of carbonyl (C=O) groups is 3. The van der Waals surface area contributed by atoms with Gasteiger partial charge in [0.15, 0.2) is 0 Å². The Kier molecular flexibility index (Phi) is 6.77. The Balaban J connectivity index is 2.13. The average molecular weight is 361 g/mol. The van der Waals surface area contributed by atoms with Gasteiger partial charge in [0, 0.05) is 19.5 Å². The van der Waals surface area contributed by atoms with E-state index in [-0.39, 0.29) is 19.1 Å². The molecule has 26 heavy (non-hydrogen) atoms. The lowest BCUT2D eigenvalue weighted by Crippen LogP contribution is -2.45. The SMILES string of the molecule is CC(=O)OC1=CN(C(=O)OCc2ccccc2)[C@H](C(=O)OC(C)C)CC1. The monoisotopic (exact) mass is 361 g/mol. The van der Waals surface area contributed by atoms with Gasteiger partial charge in [0.1, 0.15) is 18.4 Å². The zero-order valence-electron chi connectivity index (χ0n) is 15.1. The van der Waals surface area contributed by atoms with Crippen molar-refractivity contribution in [2.45, 2.75) is 52.4 Å². The largest absolute Gasteiger partial charge is 0.461 e. The Morgan fingerprint density at radius 3 is 2.50 bits per heavy atom. The molecule has 1 aliphatic heterocycles. The van der Waals surface area contributed by atoms with Crippen molar-refractivity contribution in [1.82, 2.24) is 4.90 Å². The fourth-order valence-electron chi connectivity index (χ4n) is 2.51. The molecular formula is C19H23NO6. The lowest BCUT2D eigenvalue weighted by Gasteiger charge is -2.31. The number of ether oxygens (including phenoxy) is 3.